The summed E-state index contributed by atoms with van der Waals surface area (Å²) in [6.07, 6.45) is 4.19. The van der Waals surface area contributed by atoms with Gasteiger partial charge in [-0.15, -0.1) is 0 Å². The molecule has 2 aromatic rings. The van der Waals surface area contributed by atoms with Crippen molar-refractivity contribution in [2.45, 2.75) is 32.6 Å². The number of piperidine rings is 1. The lowest BCUT2D eigenvalue weighted by molar-refractivity contribution is -0.134. The molecule has 154 valence electrons. The van der Waals surface area contributed by atoms with E-state index in [0.717, 1.165) is 21.3 Å². The molecule has 0 radical (unpaired) electrons. The number of ether oxygens (including phenoxy) is 1. The van der Waals surface area contributed by atoms with Gasteiger partial charge in [-0.25, -0.2) is 4.98 Å². The maximum absolute atomic E-state index is 12.6. The molecule has 1 aliphatic rings. The number of methoxy groups -OCH3 is 1. The molecule has 2 amide bonds. The number of anilines is 1. The van der Waals surface area contributed by atoms with Crippen LogP contribution in [-0.4, -0.2) is 41.9 Å². The minimum atomic E-state index is -0.0843. The Morgan fingerprint density at radius 2 is 2.00 bits per heavy atom. The van der Waals surface area contributed by atoms with Crippen molar-refractivity contribution in [2.24, 2.45) is 5.92 Å². The number of carbonyl (C=O) groups excluding carboxylic acids is 2. The van der Waals surface area contributed by atoms with Crippen molar-refractivity contribution in [1.82, 2.24) is 9.88 Å². The maximum atomic E-state index is 12.6. The summed E-state index contributed by atoms with van der Waals surface area (Å²) in [5.41, 5.74) is 2.14. The number of hydrogen-bond donors (Lipinski definition) is 1. The Hall–Kier alpha value is -2.41. The molecule has 0 bridgehead atoms. The van der Waals surface area contributed by atoms with Crippen LogP contribution in [0.4, 0.5) is 5.82 Å². The average molecular weight is 460 g/mol. The van der Waals surface area contributed by atoms with Crippen molar-refractivity contribution in [2.75, 3.05) is 25.5 Å². The zero-order valence-corrected chi connectivity index (χ0v) is 18.4. The topological polar surface area (TPSA) is 71.5 Å². The Bertz CT molecular complexity index is 879. The Morgan fingerprint density at radius 1 is 1.24 bits per heavy atom. The van der Waals surface area contributed by atoms with Crippen molar-refractivity contribution in [3.8, 4) is 5.75 Å². The van der Waals surface area contributed by atoms with Crippen LogP contribution in [0.25, 0.3) is 0 Å². The van der Waals surface area contributed by atoms with Crippen molar-refractivity contribution in [3.63, 3.8) is 0 Å². The molecule has 1 saturated heterocycles. The molecule has 0 aliphatic carbocycles. The molecule has 2 heterocycles. The quantitative estimate of drug-likeness (QED) is 0.708. The van der Waals surface area contributed by atoms with E-state index in [1.165, 1.54) is 0 Å². The highest BCUT2D eigenvalue weighted by Crippen LogP contribution is 2.26. The van der Waals surface area contributed by atoms with E-state index < -0.39 is 0 Å². The fraction of sp³-hybridized carbons (Fsp3) is 0.409. The van der Waals surface area contributed by atoms with Gasteiger partial charge in [0.1, 0.15) is 11.6 Å². The van der Waals surface area contributed by atoms with E-state index >= 15 is 0 Å². The molecule has 1 fully saturated rings. The average Bonchev–Trinajstić information content (AvgIpc) is 2.72. The van der Waals surface area contributed by atoms with Crippen LogP contribution in [-0.2, 0) is 16.0 Å². The second-order valence-corrected chi connectivity index (χ2v) is 8.19. The van der Waals surface area contributed by atoms with Gasteiger partial charge in [-0.1, -0.05) is 6.07 Å². The molecule has 1 aromatic heterocycles. The second-order valence-electron chi connectivity index (χ2n) is 7.33. The van der Waals surface area contributed by atoms with Crippen LogP contribution in [0.2, 0.25) is 0 Å². The van der Waals surface area contributed by atoms with Crippen molar-refractivity contribution in [1.29, 1.82) is 0 Å². The molecule has 1 N–H and O–H groups in total. The van der Waals surface area contributed by atoms with Gasteiger partial charge in [0.25, 0.3) is 0 Å². The highest BCUT2D eigenvalue weighted by Gasteiger charge is 2.27. The van der Waals surface area contributed by atoms with Gasteiger partial charge >= 0.3 is 0 Å². The number of likely N-dealkylation sites (tertiary alicyclic amines) is 1. The minimum Gasteiger partial charge on any atom is -0.496 e. The first-order valence-corrected chi connectivity index (χ1v) is 10.6. The Morgan fingerprint density at radius 3 is 2.66 bits per heavy atom. The summed E-state index contributed by atoms with van der Waals surface area (Å²) in [4.78, 5) is 31.1. The van der Waals surface area contributed by atoms with E-state index in [4.69, 9.17) is 4.74 Å². The van der Waals surface area contributed by atoms with E-state index in [9.17, 15) is 9.59 Å². The predicted octanol–water partition coefficient (Wildman–Crippen LogP) is 3.97. The number of hydrogen-bond acceptors (Lipinski definition) is 4. The third-order valence-electron chi connectivity index (χ3n) is 5.23. The van der Waals surface area contributed by atoms with Gasteiger partial charge in [0, 0.05) is 31.6 Å². The monoisotopic (exact) mass is 459 g/mol. The van der Waals surface area contributed by atoms with Crippen molar-refractivity contribution >= 4 is 33.6 Å². The minimum absolute atomic E-state index is 0.0155. The van der Waals surface area contributed by atoms with Gasteiger partial charge in [-0.3, -0.25) is 9.59 Å². The Kier molecular flexibility index (Phi) is 7.25. The normalized spacial score (nSPS) is 14.5. The molecule has 6 nitrogen and oxygen atoms in total. The molecule has 1 aliphatic heterocycles. The smallest absolute Gasteiger partial charge is 0.228 e. The van der Waals surface area contributed by atoms with Crippen LogP contribution in [0.15, 0.2) is 41.0 Å². The van der Waals surface area contributed by atoms with E-state index in [0.29, 0.717) is 44.6 Å². The largest absolute Gasteiger partial charge is 0.496 e. The summed E-state index contributed by atoms with van der Waals surface area (Å²) >= 11 is 3.48. The van der Waals surface area contributed by atoms with Gasteiger partial charge in [-0.2, -0.15) is 0 Å². The molecule has 7 heteroatoms. The number of amides is 2. The van der Waals surface area contributed by atoms with E-state index in [2.05, 4.69) is 26.2 Å². The number of aromatic nitrogens is 1. The SMILES string of the molecule is COc1ccc(CCC(=O)N2CCC(C(=O)Nc3cc(C)ccn3)CC2)cc1Br. The van der Waals surface area contributed by atoms with Gasteiger partial charge in [-0.05, 0) is 77.5 Å². The lowest BCUT2D eigenvalue weighted by Crippen LogP contribution is -2.41. The molecule has 0 spiro atoms. The molecular formula is C22H26BrN3O3. The number of carbonyl (C=O) groups is 2. The summed E-state index contributed by atoms with van der Waals surface area (Å²) in [6, 6.07) is 9.62. The fourth-order valence-electron chi connectivity index (χ4n) is 3.50. The van der Waals surface area contributed by atoms with Gasteiger partial charge in [0.05, 0.1) is 11.6 Å². The molecule has 0 atom stereocenters. The fourth-order valence-corrected chi connectivity index (χ4v) is 4.09. The third-order valence-corrected chi connectivity index (χ3v) is 5.85. The van der Waals surface area contributed by atoms with Crippen molar-refractivity contribution in [3.05, 3.63) is 52.1 Å². The second kappa shape index (κ2) is 9.87. The van der Waals surface area contributed by atoms with Crippen LogP contribution in [0.5, 0.6) is 5.75 Å². The first-order valence-electron chi connectivity index (χ1n) is 9.80. The first kappa shape index (κ1) is 21.3. The predicted molar refractivity (Wildman–Crippen MR) is 116 cm³/mol. The third kappa shape index (κ3) is 5.79. The molecule has 0 unspecified atom stereocenters. The zero-order chi connectivity index (χ0) is 20.8. The van der Waals surface area contributed by atoms with Crippen LogP contribution in [0.1, 0.15) is 30.4 Å². The van der Waals surface area contributed by atoms with Gasteiger partial charge in [0.15, 0.2) is 0 Å². The molecule has 1 aromatic carbocycles. The molecular weight excluding hydrogens is 434 g/mol. The number of aryl methyl sites for hydroxylation is 2. The van der Waals surface area contributed by atoms with Crippen LogP contribution < -0.4 is 10.1 Å². The summed E-state index contributed by atoms with van der Waals surface area (Å²) in [5, 5.41) is 2.89. The number of benzene rings is 1. The first-order chi connectivity index (χ1) is 14.0. The van der Waals surface area contributed by atoms with Crippen LogP contribution >= 0.6 is 15.9 Å². The summed E-state index contributed by atoms with van der Waals surface area (Å²) in [5.74, 6) is 1.40. The lowest BCUT2D eigenvalue weighted by atomic mass is 9.95. The summed E-state index contributed by atoms with van der Waals surface area (Å²) < 4.78 is 6.12. The number of pyridine rings is 1. The van der Waals surface area contributed by atoms with Crippen molar-refractivity contribution < 1.29 is 14.3 Å². The Labute approximate surface area is 179 Å². The number of halogens is 1. The molecule has 29 heavy (non-hydrogen) atoms. The molecule has 3 rings (SSSR count). The van der Waals surface area contributed by atoms with E-state index in [1.807, 2.05) is 42.2 Å². The number of rotatable bonds is 6. The zero-order valence-electron chi connectivity index (χ0n) is 16.8. The number of nitrogens with one attached hydrogen (secondary N) is 1. The lowest BCUT2D eigenvalue weighted by Gasteiger charge is -2.31. The molecule has 0 saturated carbocycles. The standard InChI is InChI=1S/C22H26BrN3O3/c1-15-7-10-24-20(13-15)25-22(28)17-8-11-26(12-9-17)21(27)6-4-16-3-5-19(29-2)18(23)14-16/h3,5,7,10,13-14,17H,4,6,8-9,11-12H2,1-2H3,(H,24,25,28). The maximum Gasteiger partial charge on any atom is 0.228 e. The van der Waals surface area contributed by atoms with Gasteiger partial charge in [0.2, 0.25) is 11.8 Å². The van der Waals surface area contributed by atoms with Gasteiger partial charge < -0.3 is 15.0 Å². The van der Waals surface area contributed by atoms with E-state index in [-0.39, 0.29) is 17.7 Å². The highest BCUT2D eigenvalue weighted by atomic mass is 79.9. The van der Waals surface area contributed by atoms with E-state index in [1.54, 1.807) is 13.3 Å². The van der Waals surface area contributed by atoms with Crippen LogP contribution in [0, 0.1) is 12.8 Å². The number of nitrogens with zero attached hydrogens (tertiary/aromatic N) is 2. The summed E-state index contributed by atoms with van der Waals surface area (Å²) in [6.45, 7) is 3.20. The highest BCUT2D eigenvalue weighted by molar-refractivity contribution is 9.10. The summed E-state index contributed by atoms with van der Waals surface area (Å²) in [7, 11) is 1.63. The Balaban J connectivity index is 1.45. The van der Waals surface area contributed by atoms with Crippen LogP contribution in [0.3, 0.4) is 0 Å².